The van der Waals surface area contributed by atoms with Crippen LogP contribution in [0.15, 0.2) is 40.8 Å². The van der Waals surface area contributed by atoms with Gasteiger partial charge in [-0.15, -0.1) is 11.8 Å². The van der Waals surface area contributed by atoms with Crippen LogP contribution in [0.3, 0.4) is 0 Å². The second-order valence-corrected chi connectivity index (χ2v) is 5.32. The lowest BCUT2D eigenvalue weighted by Crippen LogP contribution is -2.14. The quantitative estimate of drug-likeness (QED) is 0.775. The summed E-state index contributed by atoms with van der Waals surface area (Å²) in [4.78, 5) is 1.30. The van der Waals surface area contributed by atoms with Gasteiger partial charge < -0.3 is 5.32 Å². The summed E-state index contributed by atoms with van der Waals surface area (Å²) < 4.78 is 0. The lowest BCUT2D eigenvalue weighted by molar-refractivity contribution is 0.687. The molecule has 0 radical (unpaired) electrons. The van der Waals surface area contributed by atoms with Crippen molar-refractivity contribution >= 4 is 23.4 Å². The summed E-state index contributed by atoms with van der Waals surface area (Å²) in [5, 5.41) is 3.51. The Balaban J connectivity index is 1.78. The predicted octanol–water partition coefficient (Wildman–Crippen LogP) is 3.78. The molecule has 2 rings (SSSR count). The Hall–Kier alpha value is -0.440. The zero-order chi connectivity index (χ0) is 11.2. The molecule has 0 atom stereocenters. The number of thioether (sulfide) groups is 1. The van der Waals surface area contributed by atoms with Crippen LogP contribution in [0.4, 0.5) is 0 Å². The van der Waals surface area contributed by atoms with Gasteiger partial charge in [-0.25, -0.2) is 0 Å². The van der Waals surface area contributed by atoms with E-state index < -0.39 is 0 Å². The van der Waals surface area contributed by atoms with Crippen LogP contribution in [0.2, 0.25) is 0 Å². The van der Waals surface area contributed by atoms with Crippen molar-refractivity contribution in [2.75, 3.05) is 5.75 Å². The number of hydrogen-bond acceptors (Lipinski definition) is 2. The monoisotopic (exact) mass is 253 g/mol. The van der Waals surface area contributed by atoms with Crippen molar-refractivity contribution < 1.29 is 0 Å². The van der Waals surface area contributed by atoms with Gasteiger partial charge in [-0.05, 0) is 30.5 Å². The Morgan fingerprint density at radius 2 is 2.06 bits per heavy atom. The van der Waals surface area contributed by atoms with E-state index in [0.29, 0.717) is 0 Å². The average Bonchev–Trinajstić information content (AvgIpc) is 3.12. The standard InChI is InChI=1S/C13H16ClNS/c14-8-1-9-16-13-6-2-11(3-7-13)10-15-12-4-5-12/h1-3,6-8,12,15H,4-5,9-10H2/b8-1+. The summed E-state index contributed by atoms with van der Waals surface area (Å²) in [7, 11) is 0. The Morgan fingerprint density at radius 3 is 2.69 bits per heavy atom. The molecule has 1 aliphatic rings. The lowest BCUT2D eigenvalue weighted by Gasteiger charge is -2.04. The molecule has 0 unspecified atom stereocenters. The van der Waals surface area contributed by atoms with Gasteiger partial charge in [0.25, 0.3) is 0 Å². The van der Waals surface area contributed by atoms with E-state index in [1.165, 1.54) is 23.3 Å². The minimum atomic E-state index is 0.780. The first-order chi connectivity index (χ1) is 7.88. The summed E-state index contributed by atoms with van der Waals surface area (Å²) in [5.74, 6) is 0.934. The summed E-state index contributed by atoms with van der Waals surface area (Å²) in [6, 6.07) is 9.53. The molecule has 86 valence electrons. The van der Waals surface area contributed by atoms with E-state index in [2.05, 4.69) is 29.6 Å². The van der Waals surface area contributed by atoms with E-state index in [-0.39, 0.29) is 0 Å². The van der Waals surface area contributed by atoms with Crippen molar-refractivity contribution in [1.82, 2.24) is 5.32 Å². The summed E-state index contributed by atoms with van der Waals surface area (Å²) >= 11 is 7.27. The molecule has 0 spiro atoms. The fraction of sp³-hybridized carbons (Fsp3) is 0.385. The van der Waals surface area contributed by atoms with Gasteiger partial charge >= 0.3 is 0 Å². The summed E-state index contributed by atoms with van der Waals surface area (Å²) in [5.41, 5.74) is 2.94. The fourth-order valence-electron chi connectivity index (χ4n) is 1.43. The number of rotatable bonds is 6. The largest absolute Gasteiger partial charge is 0.310 e. The number of nitrogens with one attached hydrogen (secondary N) is 1. The lowest BCUT2D eigenvalue weighted by atomic mass is 10.2. The molecule has 0 amide bonds. The van der Waals surface area contributed by atoms with Gasteiger partial charge in [0.2, 0.25) is 0 Å². The molecule has 16 heavy (non-hydrogen) atoms. The predicted molar refractivity (Wildman–Crippen MR) is 72.0 cm³/mol. The van der Waals surface area contributed by atoms with E-state index in [9.17, 15) is 0 Å². The molecule has 0 bridgehead atoms. The highest BCUT2D eigenvalue weighted by atomic mass is 35.5. The maximum absolute atomic E-state index is 5.47. The first-order valence-electron chi connectivity index (χ1n) is 5.59. The van der Waals surface area contributed by atoms with Crippen LogP contribution in [0, 0.1) is 0 Å². The maximum Gasteiger partial charge on any atom is 0.0208 e. The third-order valence-electron chi connectivity index (χ3n) is 2.53. The minimum absolute atomic E-state index is 0.780. The molecule has 3 heteroatoms. The minimum Gasteiger partial charge on any atom is -0.310 e. The van der Waals surface area contributed by atoms with Crippen molar-refractivity contribution in [3.8, 4) is 0 Å². The van der Waals surface area contributed by atoms with Crippen LogP contribution >= 0.6 is 23.4 Å². The second-order valence-electron chi connectivity index (χ2n) is 3.97. The topological polar surface area (TPSA) is 12.0 Å². The van der Waals surface area contributed by atoms with Gasteiger partial charge in [0, 0.05) is 28.8 Å². The Morgan fingerprint density at radius 1 is 1.31 bits per heavy atom. The zero-order valence-electron chi connectivity index (χ0n) is 9.16. The molecule has 0 saturated heterocycles. The first-order valence-corrected chi connectivity index (χ1v) is 7.01. The molecule has 0 heterocycles. The molecule has 0 aliphatic heterocycles. The van der Waals surface area contributed by atoms with Crippen molar-refractivity contribution in [1.29, 1.82) is 0 Å². The highest BCUT2D eigenvalue weighted by Gasteiger charge is 2.19. The maximum atomic E-state index is 5.47. The number of hydrogen-bond donors (Lipinski definition) is 1. The SMILES string of the molecule is Cl/C=C/CSc1ccc(CNC2CC2)cc1. The fourth-order valence-corrected chi connectivity index (χ4v) is 2.34. The number of benzene rings is 1. The molecule has 1 aromatic rings. The molecular weight excluding hydrogens is 238 g/mol. The molecule has 1 saturated carbocycles. The molecule has 0 aromatic heterocycles. The van der Waals surface area contributed by atoms with E-state index in [1.54, 1.807) is 17.3 Å². The van der Waals surface area contributed by atoms with Crippen LogP contribution < -0.4 is 5.32 Å². The van der Waals surface area contributed by atoms with Gasteiger partial charge in [0.15, 0.2) is 0 Å². The van der Waals surface area contributed by atoms with Gasteiger partial charge in [0.1, 0.15) is 0 Å². The smallest absolute Gasteiger partial charge is 0.0208 e. The van der Waals surface area contributed by atoms with E-state index >= 15 is 0 Å². The highest BCUT2D eigenvalue weighted by molar-refractivity contribution is 7.99. The van der Waals surface area contributed by atoms with Crippen LogP contribution in [0.5, 0.6) is 0 Å². The van der Waals surface area contributed by atoms with Gasteiger partial charge in [0.05, 0.1) is 0 Å². The molecule has 1 nitrogen and oxygen atoms in total. The number of halogens is 1. The van der Waals surface area contributed by atoms with Crippen LogP contribution in [0.1, 0.15) is 18.4 Å². The Labute approximate surface area is 106 Å². The third-order valence-corrected chi connectivity index (χ3v) is 3.67. The molecular formula is C13H16ClNS. The van der Waals surface area contributed by atoms with E-state index in [1.807, 2.05) is 6.08 Å². The van der Waals surface area contributed by atoms with Crippen LogP contribution in [0.25, 0.3) is 0 Å². The van der Waals surface area contributed by atoms with Gasteiger partial charge in [-0.2, -0.15) is 0 Å². The molecule has 1 aromatic carbocycles. The first kappa shape index (κ1) is 12.0. The van der Waals surface area contributed by atoms with Crippen molar-refractivity contribution in [2.45, 2.75) is 30.3 Å². The van der Waals surface area contributed by atoms with Gasteiger partial charge in [-0.3, -0.25) is 0 Å². The highest BCUT2D eigenvalue weighted by Crippen LogP contribution is 2.21. The zero-order valence-corrected chi connectivity index (χ0v) is 10.7. The van der Waals surface area contributed by atoms with Crippen molar-refractivity contribution in [2.24, 2.45) is 0 Å². The van der Waals surface area contributed by atoms with E-state index in [0.717, 1.165) is 18.3 Å². The van der Waals surface area contributed by atoms with Crippen LogP contribution in [-0.4, -0.2) is 11.8 Å². The van der Waals surface area contributed by atoms with Gasteiger partial charge in [-0.1, -0.05) is 29.8 Å². The van der Waals surface area contributed by atoms with E-state index in [4.69, 9.17) is 11.6 Å². The second kappa shape index (κ2) is 6.33. The molecule has 1 fully saturated rings. The van der Waals surface area contributed by atoms with Crippen molar-refractivity contribution in [3.63, 3.8) is 0 Å². The third kappa shape index (κ3) is 4.20. The average molecular weight is 254 g/mol. The summed E-state index contributed by atoms with van der Waals surface area (Å²) in [6.45, 7) is 0.997. The summed E-state index contributed by atoms with van der Waals surface area (Å²) in [6.07, 6.45) is 4.65. The Bertz CT molecular complexity index is 343. The van der Waals surface area contributed by atoms with Crippen LogP contribution in [-0.2, 0) is 6.54 Å². The molecule has 1 N–H and O–H groups in total. The van der Waals surface area contributed by atoms with Crippen molar-refractivity contribution in [3.05, 3.63) is 41.4 Å². The Kier molecular flexibility index (Phi) is 4.76. The normalized spacial score (nSPS) is 15.8. The molecule has 1 aliphatic carbocycles.